The van der Waals surface area contributed by atoms with Crippen LogP contribution in [0.5, 0.6) is 0 Å². The van der Waals surface area contributed by atoms with Gasteiger partial charge in [-0.2, -0.15) is 0 Å². The van der Waals surface area contributed by atoms with Crippen LogP contribution in [0.1, 0.15) is 37.4 Å². The molecule has 0 heterocycles. The van der Waals surface area contributed by atoms with E-state index in [2.05, 4.69) is 15.0 Å². The standard InChI is InChI=1S/C12H13O4Si/c1-5-6(2)10(17)9(11(13)14)7(3)8(5)12(15)16-4/h1-4H3,(H,13,14). The quantitative estimate of drug-likeness (QED) is 0.624. The number of ether oxygens (including phenoxy) is 1. The second-order valence-electron chi connectivity index (χ2n) is 3.80. The first kappa shape index (κ1) is 13.4. The van der Waals surface area contributed by atoms with Crippen LogP contribution in [0.3, 0.4) is 0 Å². The van der Waals surface area contributed by atoms with Crippen molar-refractivity contribution in [2.24, 2.45) is 0 Å². The minimum absolute atomic E-state index is 0.102. The lowest BCUT2D eigenvalue weighted by molar-refractivity contribution is 0.0599. The maximum Gasteiger partial charge on any atom is 0.338 e. The van der Waals surface area contributed by atoms with E-state index in [4.69, 9.17) is 5.11 Å². The summed E-state index contributed by atoms with van der Waals surface area (Å²) in [6, 6.07) is 0. The summed E-state index contributed by atoms with van der Waals surface area (Å²) in [4.78, 5) is 22.8. The molecule has 1 rings (SSSR count). The molecule has 3 radical (unpaired) electrons. The van der Waals surface area contributed by atoms with E-state index in [0.717, 1.165) is 11.1 Å². The average Bonchev–Trinajstić information content (AvgIpc) is 2.25. The Morgan fingerprint density at radius 1 is 1.06 bits per heavy atom. The van der Waals surface area contributed by atoms with Crippen molar-refractivity contribution in [1.29, 1.82) is 0 Å². The monoisotopic (exact) mass is 249 g/mol. The van der Waals surface area contributed by atoms with Gasteiger partial charge >= 0.3 is 11.9 Å². The van der Waals surface area contributed by atoms with Gasteiger partial charge in [0, 0.05) is 0 Å². The molecule has 4 nitrogen and oxygen atoms in total. The molecule has 1 aromatic carbocycles. The number of hydrogen-bond acceptors (Lipinski definition) is 3. The third-order valence-corrected chi connectivity index (χ3v) is 3.54. The number of carbonyl (C=O) groups is 2. The summed E-state index contributed by atoms with van der Waals surface area (Å²) < 4.78 is 4.68. The van der Waals surface area contributed by atoms with Gasteiger partial charge in [0.2, 0.25) is 0 Å². The van der Waals surface area contributed by atoms with Crippen molar-refractivity contribution < 1.29 is 19.4 Å². The van der Waals surface area contributed by atoms with E-state index in [1.165, 1.54) is 7.11 Å². The number of carboxylic acids is 1. The Hall–Kier alpha value is -1.62. The zero-order valence-corrected chi connectivity index (χ0v) is 11.2. The highest BCUT2D eigenvalue weighted by atomic mass is 28.1. The Morgan fingerprint density at radius 2 is 1.59 bits per heavy atom. The summed E-state index contributed by atoms with van der Waals surface area (Å²) >= 11 is 0. The molecule has 1 aromatic rings. The number of carboxylic acid groups (broad SMARTS) is 1. The highest BCUT2D eigenvalue weighted by Crippen LogP contribution is 2.21. The predicted octanol–water partition coefficient (Wildman–Crippen LogP) is 0.890. The fourth-order valence-electron chi connectivity index (χ4n) is 1.83. The smallest absolute Gasteiger partial charge is 0.338 e. The lowest BCUT2D eigenvalue weighted by Crippen LogP contribution is -2.25. The highest BCUT2D eigenvalue weighted by molar-refractivity contribution is 6.37. The van der Waals surface area contributed by atoms with E-state index in [1.807, 2.05) is 0 Å². The molecule has 0 aliphatic heterocycles. The van der Waals surface area contributed by atoms with Crippen LogP contribution in [0.15, 0.2) is 0 Å². The predicted molar refractivity (Wildman–Crippen MR) is 64.3 cm³/mol. The number of hydrogen-bond donors (Lipinski definition) is 1. The zero-order valence-electron chi connectivity index (χ0n) is 10.2. The van der Waals surface area contributed by atoms with Crippen LogP contribution in [0.25, 0.3) is 0 Å². The van der Waals surface area contributed by atoms with Crippen molar-refractivity contribution in [2.45, 2.75) is 20.8 Å². The topological polar surface area (TPSA) is 63.6 Å². The fraction of sp³-hybridized carbons (Fsp3) is 0.333. The molecule has 0 aromatic heterocycles. The Balaban J connectivity index is 3.74. The van der Waals surface area contributed by atoms with Gasteiger partial charge in [-0.15, -0.1) is 0 Å². The number of rotatable bonds is 2. The number of methoxy groups -OCH3 is 1. The molecular formula is C12H13O4Si. The van der Waals surface area contributed by atoms with Gasteiger partial charge in [-0.1, -0.05) is 0 Å². The second-order valence-corrected chi connectivity index (χ2v) is 4.30. The maximum atomic E-state index is 11.7. The number of esters is 1. The molecular weight excluding hydrogens is 236 g/mol. The lowest BCUT2D eigenvalue weighted by Gasteiger charge is -2.16. The Kier molecular flexibility index (Phi) is 3.72. The Bertz CT molecular complexity index is 506. The van der Waals surface area contributed by atoms with Crippen molar-refractivity contribution in [2.75, 3.05) is 7.11 Å². The maximum absolute atomic E-state index is 11.7. The normalized spacial score (nSPS) is 10.2. The van der Waals surface area contributed by atoms with Crippen molar-refractivity contribution in [3.63, 3.8) is 0 Å². The molecule has 0 saturated heterocycles. The molecule has 17 heavy (non-hydrogen) atoms. The van der Waals surface area contributed by atoms with Gasteiger partial charge in [0.25, 0.3) is 0 Å². The van der Waals surface area contributed by atoms with Gasteiger partial charge < -0.3 is 9.84 Å². The molecule has 0 atom stereocenters. The zero-order chi connectivity index (χ0) is 13.3. The average molecular weight is 249 g/mol. The van der Waals surface area contributed by atoms with Crippen LogP contribution in [0.4, 0.5) is 0 Å². The molecule has 5 heteroatoms. The second kappa shape index (κ2) is 4.71. The minimum atomic E-state index is -1.07. The number of aromatic carboxylic acids is 1. The summed E-state index contributed by atoms with van der Waals surface area (Å²) in [7, 11) is 4.59. The largest absolute Gasteiger partial charge is 0.478 e. The first-order chi connectivity index (χ1) is 7.82. The third-order valence-electron chi connectivity index (χ3n) is 2.92. The van der Waals surface area contributed by atoms with E-state index in [0.29, 0.717) is 16.3 Å². The van der Waals surface area contributed by atoms with Gasteiger partial charge in [0.05, 0.1) is 28.5 Å². The minimum Gasteiger partial charge on any atom is -0.478 e. The molecule has 0 aliphatic rings. The molecule has 89 valence electrons. The lowest BCUT2D eigenvalue weighted by atomic mass is 9.93. The van der Waals surface area contributed by atoms with E-state index in [9.17, 15) is 9.59 Å². The molecule has 1 N–H and O–H groups in total. The SMILES string of the molecule is COC(=O)c1c(C)c(C)c([Si])c(C(=O)O)c1C. The van der Waals surface area contributed by atoms with E-state index in [-0.39, 0.29) is 5.56 Å². The summed E-state index contributed by atoms with van der Waals surface area (Å²) in [5, 5.41) is 9.66. The van der Waals surface area contributed by atoms with Crippen molar-refractivity contribution in [3.8, 4) is 0 Å². The van der Waals surface area contributed by atoms with Crippen molar-refractivity contribution in [1.82, 2.24) is 0 Å². The molecule has 0 aliphatic carbocycles. The van der Waals surface area contributed by atoms with Gasteiger partial charge in [-0.25, -0.2) is 9.59 Å². The molecule has 0 amide bonds. The van der Waals surface area contributed by atoms with E-state index >= 15 is 0 Å². The van der Waals surface area contributed by atoms with Crippen LogP contribution in [0.2, 0.25) is 0 Å². The molecule has 0 bridgehead atoms. The molecule has 0 fully saturated rings. The summed E-state index contributed by atoms with van der Waals surface area (Å²) in [5.74, 6) is -1.59. The first-order valence-electron chi connectivity index (χ1n) is 4.99. The molecule has 0 saturated carbocycles. The molecule has 0 spiro atoms. The fourth-order valence-corrected chi connectivity index (χ4v) is 2.31. The summed E-state index contributed by atoms with van der Waals surface area (Å²) in [5.41, 5.74) is 2.29. The number of carbonyl (C=O) groups excluding carboxylic acids is 1. The molecule has 0 unspecified atom stereocenters. The van der Waals surface area contributed by atoms with Crippen LogP contribution in [-0.2, 0) is 4.74 Å². The van der Waals surface area contributed by atoms with Gasteiger partial charge in [-0.3, -0.25) is 0 Å². The van der Waals surface area contributed by atoms with Crippen molar-refractivity contribution in [3.05, 3.63) is 27.8 Å². The van der Waals surface area contributed by atoms with E-state index < -0.39 is 11.9 Å². The number of benzene rings is 1. The summed E-state index contributed by atoms with van der Waals surface area (Å²) in [6.45, 7) is 5.13. The Labute approximate surface area is 103 Å². The van der Waals surface area contributed by atoms with Gasteiger partial charge in [-0.05, 0) is 42.6 Å². The van der Waals surface area contributed by atoms with E-state index in [1.54, 1.807) is 20.8 Å². The highest BCUT2D eigenvalue weighted by Gasteiger charge is 2.23. The van der Waals surface area contributed by atoms with Crippen LogP contribution >= 0.6 is 0 Å². The van der Waals surface area contributed by atoms with Crippen LogP contribution in [0, 0.1) is 20.8 Å². The first-order valence-corrected chi connectivity index (χ1v) is 5.49. The van der Waals surface area contributed by atoms with Crippen LogP contribution in [-0.4, -0.2) is 34.4 Å². The van der Waals surface area contributed by atoms with Gasteiger partial charge in [0.1, 0.15) is 0 Å². The van der Waals surface area contributed by atoms with Crippen LogP contribution < -0.4 is 5.19 Å². The Morgan fingerprint density at radius 3 is 2.00 bits per heavy atom. The summed E-state index contributed by atoms with van der Waals surface area (Å²) in [6.07, 6.45) is 0. The van der Waals surface area contributed by atoms with Crippen molar-refractivity contribution >= 4 is 27.4 Å². The van der Waals surface area contributed by atoms with Gasteiger partial charge in [0.15, 0.2) is 0 Å². The third kappa shape index (κ3) is 2.10.